The van der Waals surface area contributed by atoms with Gasteiger partial charge < -0.3 is 14.8 Å². The first-order valence-corrected chi connectivity index (χ1v) is 12.1. The van der Waals surface area contributed by atoms with Crippen LogP contribution >= 0.6 is 11.3 Å². The molecule has 0 aliphatic heterocycles. The van der Waals surface area contributed by atoms with E-state index in [-0.39, 0.29) is 5.91 Å². The first kappa shape index (κ1) is 22.3. The molecule has 1 amide bonds. The number of hydrogen-bond donors (Lipinski definition) is 1. The molecule has 1 N–H and O–H groups in total. The van der Waals surface area contributed by atoms with E-state index in [0.717, 1.165) is 27.4 Å². The largest absolute Gasteiger partial charge is 0.493 e. The van der Waals surface area contributed by atoms with Crippen molar-refractivity contribution in [2.45, 2.75) is 45.1 Å². The highest BCUT2D eigenvalue weighted by atomic mass is 32.1. The lowest BCUT2D eigenvalue weighted by molar-refractivity contribution is -0.122. The second-order valence-electron chi connectivity index (χ2n) is 8.29. The number of hydrogen-bond acceptors (Lipinski definition) is 5. The number of carbonyl (C=O) groups is 1. The Bertz CT molecular complexity index is 1040. The van der Waals surface area contributed by atoms with Gasteiger partial charge in [-0.15, -0.1) is 11.3 Å². The van der Waals surface area contributed by atoms with Gasteiger partial charge in [0, 0.05) is 29.5 Å². The van der Waals surface area contributed by atoms with Crippen molar-refractivity contribution in [1.29, 1.82) is 0 Å². The van der Waals surface area contributed by atoms with E-state index in [1.165, 1.54) is 32.1 Å². The van der Waals surface area contributed by atoms with Crippen molar-refractivity contribution in [2.75, 3.05) is 14.2 Å². The number of carbonyl (C=O) groups excluding carboxylic acids is 1. The summed E-state index contributed by atoms with van der Waals surface area (Å²) in [6.07, 6.45) is 6.91. The predicted octanol–water partition coefficient (Wildman–Crippen LogP) is 6.08. The normalized spacial score (nSPS) is 14.2. The van der Waals surface area contributed by atoms with Gasteiger partial charge in [-0.25, -0.2) is 4.98 Å². The first-order chi connectivity index (χ1) is 15.7. The Labute approximate surface area is 193 Å². The molecule has 0 unspecified atom stereocenters. The standard InChI is InChI=1S/C26H30N2O3S/c1-30-23-13-12-21(15-24(23)31-2)22-17-32-26(28-22)20-10-8-19(9-11-20)16-27-25(29)14-18-6-4-3-5-7-18/h8-13,15,17-18H,3-7,14,16H2,1-2H3,(H,27,29). The Morgan fingerprint density at radius 1 is 1.00 bits per heavy atom. The molecule has 168 valence electrons. The number of rotatable bonds is 8. The lowest BCUT2D eigenvalue weighted by atomic mass is 9.87. The lowest BCUT2D eigenvalue weighted by Crippen LogP contribution is -2.25. The summed E-state index contributed by atoms with van der Waals surface area (Å²) in [5.41, 5.74) is 4.06. The molecule has 1 saturated carbocycles. The van der Waals surface area contributed by atoms with E-state index >= 15 is 0 Å². The zero-order valence-electron chi connectivity index (χ0n) is 18.7. The minimum atomic E-state index is 0.167. The van der Waals surface area contributed by atoms with Gasteiger partial charge in [0.15, 0.2) is 11.5 Å². The summed E-state index contributed by atoms with van der Waals surface area (Å²) in [6.45, 7) is 0.570. The van der Waals surface area contributed by atoms with Gasteiger partial charge in [-0.1, -0.05) is 43.5 Å². The van der Waals surface area contributed by atoms with Crippen molar-refractivity contribution in [3.63, 3.8) is 0 Å². The number of thiazole rings is 1. The average molecular weight is 451 g/mol. The van der Waals surface area contributed by atoms with E-state index in [1.807, 2.05) is 18.2 Å². The third-order valence-electron chi connectivity index (χ3n) is 6.07. The third kappa shape index (κ3) is 5.49. The topological polar surface area (TPSA) is 60.5 Å². The van der Waals surface area contributed by atoms with Gasteiger partial charge in [0.2, 0.25) is 5.91 Å². The maximum Gasteiger partial charge on any atom is 0.220 e. The molecule has 1 heterocycles. The summed E-state index contributed by atoms with van der Waals surface area (Å²) in [6, 6.07) is 14.1. The van der Waals surface area contributed by atoms with E-state index in [9.17, 15) is 4.79 Å². The molecule has 2 aromatic carbocycles. The van der Waals surface area contributed by atoms with Gasteiger partial charge in [0.1, 0.15) is 5.01 Å². The van der Waals surface area contributed by atoms with E-state index in [4.69, 9.17) is 14.5 Å². The van der Waals surface area contributed by atoms with Crippen LogP contribution in [-0.4, -0.2) is 25.1 Å². The number of ether oxygens (including phenoxy) is 2. The van der Waals surface area contributed by atoms with Crippen LogP contribution in [0.2, 0.25) is 0 Å². The molecule has 0 bridgehead atoms. The zero-order valence-corrected chi connectivity index (χ0v) is 19.5. The quantitative estimate of drug-likeness (QED) is 0.452. The van der Waals surface area contributed by atoms with E-state index in [0.29, 0.717) is 30.4 Å². The summed E-state index contributed by atoms with van der Waals surface area (Å²) in [7, 11) is 3.26. The summed E-state index contributed by atoms with van der Waals surface area (Å²) in [4.78, 5) is 17.1. The molecule has 0 spiro atoms. The predicted molar refractivity (Wildman–Crippen MR) is 129 cm³/mol. The van der Waals surface area contributed by atoms with Gasteiger partial charge in [-0.2, -0.15) is 0 Å². The van der Waals surface area contributed by atoms with Crippen molar-refractivity contribution in [3.05, 3.63) is 53.4 Å². The summed E-state index contributed by atoms with van der Waals surface area (Å²) in [5, 5.41) is 6.09. The van der Waals surface area contributed by atoms with Crippen LogP contribution in [0.15, 0.2) is 47.8 Å². The van der Waals surface area contributed by atoms with Crippen LogP contribution in [0.5, 0.6) is 11.5 Å². The maximum atomic E-state index is 12.3. The number of amides is 1. The highest BCUT2D eigenvalue weighted by Crippen LogP contribution is 2.34. The maximum absolute atomic E-state index is 12.3. The summed E-state index contributed by atoms with van der Waals surface area (Å²) in [5.74, 6) is 2.12. The molecule has 0 saturated heterocycles. The van der Waals surface area contributed by atoms with E-state index in [2.05, 4.69) is 35.0 Å². The van der Waals surface area contributed by atoms with Crippen LogP contribution in [0.4, 0.5) is 0 Å². The van der Waals surface area contributed by atoms with Crippen LogP contribution in [0.25, 0.3) is 21.8 Å². The Hall–Kier alpha value is -2.86. The Balaban J connectivity index is 1.36. The smallest absolute Gasteiger partial charge is 0.220 e. The fraction of sp³-hybridized carbons (Fsp3) is 0.385. The number of benzene rings is 2. The molecule has 1 aliphatic carbocycles. The fourth-order valence-electron chi connectivity index (χ4n) is 4.23. The first-order valence-electron chi connectivity index (χ1n) is 11.2. The molecule has 6 heteroatoms. The Morgan fingerprint density at radius 2 is 1.72 bits per heavy atom. The van der Waals surface area contributed by atoms with Crippen molar-refractivity contribution in [2.24, 2.45) is 5.92 Å². The SMILES string of the molecule is COc1ccc(-c2csc(-c3ccc(CNC(=O)CC4CCCCC4)cc3)n2)cc1OC. The molecule has 0 radical (unpaired) electrons. The van der Waals surface area contributed by atoms with Gasteiger partial charge in [0.25, 0.3) is 0 Å². The second-order valence-corrected chi connectivity index (χ2v) is 9.15. The number of nitrogens with zero attached hydrogens (tertiary/aromatic N) is 1. The van der Waals surface area contributed by atoms with Crippen LogP contribution < -0.4 is 14.8 Å². The molecule has 32 heavy (non-hydrogen) atoms. The van der Waals surface area contributed by atoms with Crippen molar-refractivity contribution in [1.82, 2.24) is 10.3 Å². The molecule has 1 aromatic heterocycles. The fourth-order valence-corrected chi connectivity index (χ4v) is 5.06. The monoisotopic (exact) mass is 450 g/mol. The van der Waals surface area contributed by atoms with Gasteiger partial charge >= 0.3 is 0 Å². The molecule has 3 aromatic rings. The third-order valence-corrected chi connectivity index (χ3v) is 6.96. The molecule has 5 nitrogen and oxygen atoms in total. The Kier molecular flexibility index (Phi) is 7.43. The van der Waals surface area contributed by atoms with Crippen LogP contribution in [0.3, 0.4) is 0 Å². The zero-order chi connectivity index (χ0) is 22.3. The van der Waals surface area contributed by atoms with Crippen molar-refractivity contribution < 1.29 is 14.3 Å². The number of nitrogens with one attached hydrogen (secondary N) is 1. The van der Waals surface area contributed by atoms with E-state index < -0.39 is 0 Å². The van der Waals surface area contributed by atoms with Gasteiger partial charge in [0.05, 0.1) is 19.9 Å². The van der Waals surface area contributed by atoms with Crippen LogP contribution in [-0.2, 0) is 11.3 Å². The molecule has 1 aliphatic rings. The summed E-state index contributed by atoms with van der Waals surface area (Å²) >= 11 is 1.61. The van der Waals surface area contributed by atoms with Crippen molar-refractivity contribution in [3.8, 4) is 33.3 Å². The molecular formula is C26H30N2O3S. The lowest BCUT2D eigenvalue weighted by Gasteiger charge is -2.20. The number of methoxy groups -OCH3 is 2. The second kappa shape index (κ2) is 10.6. The molecule has 0 atom stereocenters. The highest BCUT2D eigenvalue weighted by Gasteiger charge is 2.17. The molecule has 4 rings (SSSR count). The number of aromatic nitrogens is 1. The minimum Gasteiger partial charge on any atom is -0.493 e. The van der Waals surface area contributed by atoms with E-state index in [1.54, 1.807) is 25.6 Å². The van der Waals surface area contributed by atoms with Crippen molar-refractivity contribution >= 4 is 17.2 Å². The average Bonchev–Trinajstić information content (AvgIpc) is 3.33. The van der Waals surface area contributed by atoms with Crippen LogP contribution in [0, 0.1) is 5.92 Å². The molecular weight excluding hydrogens is 420 g/mol. The summed E-state index contributed by atoms with van der Waals surface area (Å²) < 4.78 is 10.7. The van der Waals surface area contributed by atoms with Gasteiger partial charge in [-0.05, 0) is 42.5 Å². The molecule has 1 fully saturated rings. The van der Waals surface area contributed by atoms with Gasteiger partial charge in [-0.3, -0.25) is 4.79 Å². The highest BCUT2D eigenvalue weighted by molar-refractivity contribution is 7.13. The van der Waals surface area contributed by atoms with Crippen LogP contribution in [0.1, 0.15) is 44.1 Å². The Morgan fingerprint density at radius 3 is 2.44 bits per heavy atom. The minimum absolute atomic E-state index is 0.167.